The Balaban J connectivity index is 2.34. The zero-order valence-corrected chi connectivity index (χ0v) is 12.0. The first-order valence-corrected chi connectivity index (χ1v) is 6.84. The fourth-order valence-corrected chi connectivity index (χ4v) is 2.48. The van der Waals surface area contributed by atoms with E-state index in [1.807, 2.05) is 41.7 Å². The van der Waals surface area contributed by atoms with Gasteiger partial charge in [0.1, 0.15) is 11.9 Å². The maximum atomic E-state index is 9.48. The minimum absolute atomic E-state index is 0.437. The van der Waals surface area contributed by atoms with E-state index in [0.717, 1.165) is 22.4 Å². The number of aromatic nitrogens is 2. The van der Waals surface area contributed by atoms with Crippen LogP contribution in [0.2, 0.25) is 0 Å². The Morgan fingerprint density at radius 1 is 1.43 bits per heavy atom. The van der Waals surface area contributed by atoms with Crippen molar-refractivity contribution in [3.63, 3.8) is 0 Å². The number of pyridine rings is 1. The quantitative estimate of drug-likeness (QED) is 0.773. The van der Waals surface area contributed by atoms with Gasteiger partial charge in [-0.05, 0) is 37.6 Å². The van der Waals surface area contributed by atoms with Gasteiger partial charge in [-0.2, -0.15) is 5.26 Å². The third-order valence-electron chi connectivity index (χ3n) is 3.46. The molecular formula is C16H16N4O. The smallest absolute Gasteiger partial charge is 0.157 e. The van der Waals surface area contributed by atoms with Gasteiger partial charge >= 0.3 is 0 Å². The van der Waals surface area contributed by atoms with Crippen LogP contribution in [0.5, 0.6) is 0 Å². The molecule has 0 radical (unpaired) electrons. The van der Waals surface area contributed by atoms with Gasteiger partial charge in [-0.3, -0.25) is 4.40 Å². The molecule has 0 aliphatic rings. The van der Waals surface area contributed by atoms with Crippen molar-refractivity contribution in [2.45, 2.75) is 20.0 Å². The lowest BCUT2D eigenvalue weighted by atomic mass is 10.1. The van der Waals surface area contributed by atoms with Crippen molar-refractivity contribution in [1.82, 2.24) is 9.38 Å². The van der Waals surface area contributed by atoms with Crippen LogP contribution in [0.15, 0.2) is 30.3 Å². The summed E-state index contributed by atoms with van der Waals surface area (Å²) in [5, 5.41) is 22.1. The van der Waals surface area contributed by atoms with Crippen LogP contribution in [-0.2, 0) is 0 Å². The molecule has 3 aromatic rings. The van der Waals surface area contributed by atoms with Crippen LogP contribution in [0, 0.1) is 18.3 Å². The van der Waals surface area contributed by atoms with Gasteiger partial charge < -0.3 is 10.4 Å². The summed E-state index contributed by atoms with van der Waals surface area (Å²) in [6.45, 7) is 4.06. The summed E-state index contributed by atoms with van der Waals surface area (Å²) in [5.74, 6) is 0.830. The number of aliphatic hydroxyl groups is 1. The van der Waals surface area contributed by atoms with E-state index >= 15 is 0 Å². The Kier molecular flexibility index (Phi) is 3.24. The minimum Gasteiger partial charge on any atom is -0.392 e. The van der Waals surface area contributed by atoms with Crippen LogP contribution >= 0.6 is 0 Å². The first-order valence-electron chi connectivity index (χ1n) is 6.84. The van der Waals surface area contributed by atoms with Crippen LogP contribution in [-0.4, -0.2) is 27.1 Å². The van der Waals surface area contributed by atoms with Gasteiger partial charge in [0.15, 0.2) is 5.65 Å². The van der Waals surface area contributed by atoms with Crippen molar-refractivity contribution in [2.24, 2.45) is 0 Å². The topological polar surface area (TPSA) is 73.3 Å². The Hall–Kier alpha value is -2.58. The lowest BCUT2D eigenvalue weighted by Gasteiger charge is -2.13. The fourth-order valence-electron chi connectivity index (χ4n) is 2.48. The normalized spacial score (nSPS) is 12.5. The zero-order chi connectivity index (χ0) is 15.0. The van der Waals surface area contributed by atoms with Gasteiger partial charge in [-0.15, -0.1) is 0 Å². The van der Waals surface area contributed by atoms with Crippen molar-refractivity contribution >= 4 is 22.5 Å². The van der Waals surface area contributed by atoms with Crippen LogP contribution in [0.1, 0.15) is 18.1 Å². The number of nitriles is 1. The van der Waals surface area contributed by atoms with Crippen LogP contribution in [0.4, 0.5) is 5.82 Å². The standard InChI is InChI=1S/C16H16N4O/c1-10-7-15(18-9-11(2)21)20-14-6-4-3-5-13(14)19-16(20)12(10)8-17/h3-7,11,18,21H,9H2,1-2H3/t11-/m1/s1. The van der Waals surface area contributed by atoms with E-state index in [1.54, 1.807) is 6.92 Å². The number of anilines is 1. The highest BCUT2D eigenvalue weighted by Gasteiger charge is 2.14. The molecule has 0 fully saturated rings. The van der Waals surface area contributed by atoms with E-state index in [9.17, 15) is 10.4 Å². The monoisotopic (exact) mass is 280 g/mol. The number of fused-ring (bicyclic) bond motifs is 3. The maximum Gasteiger partial charge on any atom is 0.157 e. The van der Waals surface area contributed by atoms with Gasteiger partial charge in [-0.1, -0.05) is 12.1 Å². The number of hydrogen-bond donors (Lipinski definition) is 2. The van der Waals surface area contributed by atoms with E-state index < -0.39 is 6.10 Å². The summed E-state index contributed by atoms with van der Waals surface area (Å²) in [6, 6.07) is 11.9. The molecule has 2 N–H and O–H groups in total. The molecule has 0 saturated heterocycles. The summed E-state index contributed by atoms with van der Waals surface area (Å²) >= 11 is 0. The van der Waals surface area contributed by atoms with Gasteiger partial charge in [0.05, 0.1) is 22.7 Å². The van der Waals surface area contributed by atoms with Gasteiger partial charge in [0.2, 0.25) is 0 Å². The molecule has 5 nitrogen and oxygen atoms in total. The van der Waals surface area contributed by atoms with Crippen molar-refractivity contribution < 1.29 is 5.11 Å². The Bertz CT molecular complexity index is 858. The summed E-state index contributed by atoms with van der Waals surface area (Å²) in [7, 11) is 0. The summed E-state index contributed by atoms with van der Waals surface area (Å²) in [5.41, 5.74) is 3.88. The van der Waals surface area contributed by atoms with Crippen molar-refractivity contribution in [3.05, 3.63) is 41.5 Å². The molecule has 21 heavy (non-hydrogen) atoms. The van der Waals surface area contributed by atoms with Crippen molar-refractivity contribution in [1.29, 1.82) is 5.26 Å². The molecule has 0 amide bonds. The second-order valence-corrected chi connectivity index (χ2v) is 5.19. The number of imidazole rings is 1. The molecule has 0 saturated carbocycles. The number of rotatable bonds is 3. The molecule has 5 heteroatoms. The van der Waals surface area contributed by atoms with Crippen LogP contribution < -0.4 is 5.32 Å². The molecular weight excluding hydrogens is 264 g/mol. The predicted octanol–water partition coefficient (Wildman–Crippen LogP) is 2.46. The second kappa shape index (κ2) is 5.08. The lowest BCUT2D eigenvalue weighted by molar-refractivity contribution is 0.208. The van der Waals surface area contributed by atoms with E-state index in [1.165, 1.54) is 0 Å². The number of benzene rings is 1. The number of nitrogens with zero attached hydrogens (tertiary/aromatic N) is 3. The van der Waals surface area contributed by atoms with Crippen molar-refractivity contribution in [2.75, 3.05) is 11.9 Å². The number of aryl methyl sites for hydroxylation is 1. The number of para-hydroxylation sites is 2. The number of hydrogen-bond acceptors (Lipinski definition) is 4. The van der Waals surface area contributed by atoms with E-state index in [4.69, 9.17) is 0 Å². The van der Waals surface area contributed by atoms with Gasteiger partial charge in [0, 0.05) is 6.54 Å². The van der Waals surface area contributed by atoms with E-state index in [-0.39, 0.29) is 0 Å². The number of nitrogens with one attached hydrogen (secondary N) is 1. The third-order valence-corrected chi connectivity index (χ3v) is 3.46. The molecule has 3 rings (SSSR count). The largest absolute Gasteiger partial charge is 0.392 e. The Morgan fingerprint density at radius 2 is 2.19 bits per heavy atom. The summed E-state index contributed by atoms with van der Waals surface area (Å²) in [6.07, 6.45) is -0.453. The molecule has 0 unspecified atom stereocenters. The highest BCUT2D eigenvalue weighted by Crippen LogP contribution is 2.26. The zero-order valence-electron chi connectivity index (χ0n) is 12.0. The van der Waals surface area contributed by atoms with Crippen LogP contribution in [0.25, 0.3) is 16.7 Å². The highest BCUT2D eigenvalue weighted by molar-refractivity contribution is 5.85. The minimum atomic E-state index is -0.453. The summed E-state index contributed by atoms with van der Waals surface area (Å²) < 4.78 is 1.93. The molecule has 1 atom stereocenters. The predicted molar refractivity (Wildman–Crippen MR) is 82.3 cm³/mol. The molecule has 0 aliphatic carbocycles. The molecule has 2 aromatic heterocycles. The second-order valence-electron chi connectivity index (χ2n) is 5.19. The fraction of sp³-hybridized carbons (Fsp3) is 0.250. The molecule has 1 aromatic carbocycles. The van der Waals surface area contributed by atoms with Gasteiger partial charge in [-0.25, -0.2) is 4.98 Å². The SMILES string of the molecule is Cc1cc(NC[C@@H](C)O)n2c(nc3ccccc32)c1C#N. The van der Waals surface area contributed by atoms with Crippen molar-refractivity contribution in [3.8, 4) is 6.07 Å². The average Bonchev–Trinajstić information content (AvgIpc) is 2.84. The molecule has 106 valence electrons. The third kappa shape index (κ3) is 2.20. The first-order chi connectivity index (χ1) is 10.1. The van der Waals surface area contributed by atoms with Gasteiger partial charge in [0.25, 0.3) is 0 Å². The lowest BCUT2D eigenvalue weighted by Crippen LogP contribution is -2.17. The number of aliphatic hydroxyl groups excluding tert-OH is 1. The van der Waals surface area contributed by atoms with E-state index in [0.29, 0.717) is 17.8 Å². The van der Waals surface area contributed by atoms with Crippen LogP contribution in [0.3, 0.4) is 0 Å². The maximum absolute atomic E-state index is 9.48. The molecule has 0 spiro atoms. The Morgan fingerprint density at radius 3 is 2.90 bits per heavy atom. The van der Waals surface area contributed by atoms with E-state index in [2.05, 4.69) is 16.4 Å². The average molecular weight is 280 g/mol. The Labute approximate surface area is 122 Å². The molecule has 2 heterocycles. The summed E-state index contributed by atoms with van der Waals surface area (Å²) in [4.78, 5) is 4.57. The highest BCUT2D eigenvalue weighted by atomic mass is 16.3. The molecule has 0 aliphatic heterocycles. The first kappa shape index (κ1) is 13.4. The molecule has 0 bridgehead atoms.